The van der Waals surface area contributed by atoms with Gasteiger partial charge in [0.05, 0.1) is 11.1 Å². The minimum atomic E-state index is -0.664. The molecule has 3 rings (SSSR count). The average Bonchev–Trinajstić information content (AvgIpc) is 2.91. The van der Waals surface area contributed by atoms with Gasteiger partial charge in [0.25, 0.3) is 0 Å². The summed E-state index contributed by atoms with van der Waals surface area (Å²) in [5.41, 5.74) is 4.66. The van der Waals surface area contributed by atoms with Crippen LogP contribution in [0.25, 0.3) is 0 Å². The van der Waals surface area contributed by atoms with E-state index in [1.165, 1.54) is 16.0 Å². The van der Waals surface area contributed by atoms with E-state index in [1.807, 2.05) is 32.1 Å². The normalized spacial score (nSPS) is 29.0. The van der Waals surface area contributed by atoms with Gasteiger partial charge in [-0.3, -0.25) is 14.5 Å². The Hall–Kier alpha value is -2.16. The Kier molecular flexibility index (Phi) is 4.22. The van der Waals surface area contributed by atoms with Gasteiger partial charge in [-0.25, -0.2) is 0 Å². The van der Waals surface area contributed by atoms with Crippen LogP contribution >= 0.6 is 0 Å². The average molecular weight is 337 g/mol. The van der Waals surface area contributed by atoms with Gasteiger partial charge in [0, 0.05) is 12.3 Å². The van der Waals surface area contributed by atoms with Crippen LogP contribution in [0.3, 0.4) is 0 Å². The maximum Gasteiger partial charge on any atom is 0.241 e. The molecule has 0 bridgehead atoms. The Morgan fingerprint density at radius 1 is 1.20 bits per heavy atom. The monoisotopic (exact) mass is 337 g/mol. The third-order valence-corrected chi connectivity index (χ3v) is 5.75. The number of aryl methyl sites for hydroxylation is 2. The van der Waals surface area contributed by atoms with Gasteiger partial charge in [0.15, 0.2) is 0 Å². The summed E-state index contributed by atoms with van der Waals surface area (Å²) in [6, 6.07) is 5.89. The van der Waals surface area contributed by atoms with Crippen LogP contribution < -0.4 is 4.90 Å². The summed E-state index contributed by atoms with van der Waals surface area (Å²) < 4.78 is 0. The Labute approximate surface area is 150 Å². The van der Waals surface area contributed by atoms with Crippen molar-refractivity contribution >= 4 is 17.5 Å². The van der Waals surface area contributed by atoms with Crippen molar-refractivity contribution in [1.29, 1.82) is 0 Å². The SMILES string of the molecule is C=CC1C(=C(C)C)C(C)CC12CC(=O)N(c1cc(C)cc(C)c1)C2=O. The fourth-order valence-corrected chi connectivity index (χ4v) is 5.05. The molecule has 1 aliphatic carbocycles. The second-order valence-electron chi connectivity index (χ2n) is 7.99. The lowest BCUT2D eigenvalue weighted by molar-refractivity contribution is -0.126. The molecule has 0 N–H and O–H groups in total. The second-order valence-corrected chi connectivity index (χ2v) is 7.99. The van der Waals surface area contributed by atoms with E-state index in [1.54, 1.807) is 0 Å². The number of imide groups is 1. The first-order valence-electron chi connectivity index (χ1n) is 8.96. The molecule has 1 aromatic carbocycles. The topological polar surface area (TPSA) is 37.4 Å². The molecule has 3 unspecified atom stereocenters. The largest absolute Gasteiger partial charge is 0.274 e. The van der Waals surface area contributed by atoms with Crippen molar-refractivity contribution in [1.82, 2.24) is 0 Å². The van der Waals surface area contributed by atoms with Gasteiger partial charge in [0.2, 0.25) is 11.8 Å². The Morgan fingerprint density at radius 3 is 2.32 bits per heavy atom. The minimum Gasteiger partial charge on any atom is -0.274 e. The van der Waals surface area contributed by atoms with E-state index in [2.05, 4.69) is 33.4 Å². The van der Waals surface area contributed by atoms with Gasteiger partial charge in [-0.2, -0.15) is 0 Å². The molecule has 3 atom stereocenters. The van der Waals surface area contributed by atoms with Crippen LogP contribution in [0.5, 0.6) is 0 Å². The zero-order valence-electron chi connectivity index (χ0n) is 15.8. The van der Waals surface area contributed by atoms with Crippen molar-refractivity contribution in [3.8, 4) is 0 Å². The first-order valence-corrected chi connectivity index (χ1v) is 8.96. The van der Waals surface area contributed by atoms with E-state index in [0.717, 1.165) is 17.5 Å². The minimum absolute atomic E-state index is 0.0557. The summed E-state index contributed by atoms with van der Waals surface area (Å²) in [5, 5.41) is 0. The maximum absolute atomic E-state index is 13.5. The van der Waals surface area contributed by atoms with Crippen LogP contribution in [0.4, 0.5) is 5.69 Å². The van der Waals surface area contributed by atoms with E-state index in [4.69, 9.17) is 0 Å². The van der Waals surface area contributed by atoms with Crippen LogP contribution in [0.1, 0.15) is 44.7 Å². The molecule has 2 amide bonds. The Bertz CT molecular complexity index is 780. The highest BCUT2D eigenvalue weighted by molar-refractivity contribution is 6.23. The summed E-state index contributed by atoms with van der Waals surface area (Å²) >= 11 is 0. The van der Waals surface area contributed by atoms with E-state index in [9.17, 15) is 9.59 Å². The highest BCUT2D eigenvalue weighted by Gasteiger charge is 2.60. The molecule has 132 valence electrons. The number of anilines is 1. The Morgan fingerprint density at radius 2 is 1.80 bits per heavy atom. The zero-order valence-corrected chi connectivity index (χ0v) is 15.8. The summed E-state index contributed by atoms with van der Waals surface area (Å²) in [4.78, 5) is 27.8. The summed E-state index contributed by atoms with van der Waals surface area (Å²) in [6.45, 7) is 14.3. The molecule has 2 fully saturated rings. The molecule has 1 heterocycles. The summed E-state index contributed by atoms with van der Waals surface area (Å²) in [5.74, 6) is 0.0864. The van der Waals surface area contributed by atoms with Crippen molar-refractivity contribution < 1.29 is 9.59 Å². The van der Waals surface area contributed by atoms with Gasteiger partial charge in [-0.05, 0) is 63.3 Å². The number of rotatable bonds is 2. The lowest BCUT2D eigenvalue weighted by atomic mass is 9.75. The fraction of sp³-hybridized carbons (Fsp3) is 0.455. The van der Waals surface area contributed by atoms with Crippen molar-refractivity contribution in [3.05, 3.63) is 53.1 Å². The van der Waals surface area contributed by atoms with Gasteiger partial charge in [-0.15, -0.1) is 6.58 Å². The van der Waals surface area contributed by atoms with Crippen molar-refractivity contribution in [3.63, 3.8) is 0 Å². The molecule has 1 aromatic rings. The Balaban J connectivity index is 2.10. The number of hydrogen-bond donors (Lipinski definition) is 0. The maximum atomic E-state index is 13.5. The number of allylic oxidation sites excluding steroid dienone is 3. The van der Waals surface area contributed by atoms with Gasteiger partial charge in [0.1, 0.15) is 0 Å². The van der Waals surface area contributed by atoms with Crippen molar-refractivity contribution in [2.75, 3.05) is 4.90 Å². The molecule has 1 aliphatic heterocycles. The van der Waals surface area contributed by atoms with Gasteiger partial charge < -0.3 is 0 Å². The molecule has 0 radical (unpaired) electrons. The zero-order chi connectivity index (χ0) is 18.5. The molecule has 1 spiro atoms. The van der Waals surface area contributed by atoms with E-state index in [0.29, 0.717) is 11.6 Å². The van der Waals surface area contributed by atoms with Gasteiger partial charge in [-0.1, -0.05) is 30.2 Å². The number of hydrogen-bond acceptors (Lipinski definition) is 2. The molecule has 1 saturated heterocycles. The predicted octanol–water partition coefficient (Wildman–Crippen LogP) is 4.73. The number of amides is 2. The molecule has 1 saturated carbocycles. The molecular formula is C22H27NO2. The van der Waals surface area contributed by atoms with Crippen LogP contribution in [0.2, 0.25) is 0 Å². The van der Waals surface area contributed by atoms with E-state index < -0.39 is 5.41 Å². The molecule has 25 heavy (non-hydrogen) atoms. The van der Waals surface area contributed by atoms with Crippen LogP contribution in [-0.4, -0.2) is 11.8 Å². The first kappa shape index (κ1) is 17.7. The molecular weight excluding hydrogens is 310 g/mol. The number of carbonyl (C=O) groups excluding carboxylic acids is 2. The lowest BCUT2D eigenvalue weighted by Crippen LogP contribution is -2.37. The third-order valence-electron chi connectivity index (χ3n) is 5.75. The quantitative estimate of drug-likeness (QED) is 0.578. The summed E-state index contributed by atoms with van der Waals surface area (Å²) in [6.07, 6.45) is 2.87. The highest BCUT2D eigenvalue weighted by atomic mass is 16.2. The van der Waals surface area contributed by atoms with Crippen LogP contribution in [0, 0.1) is 31.1 Å². The van der Waals surface area contributed by atoms with E-state index in [-0.39, 0.29) is 24.2 Å². The number of benzene rings is 1. The molecule has 3 heteroatoms. The first-order chi connectivity index (χ1) is 11.7. The van der Waals surface area contributed by atoms with E-state index >= 15 is 0 Å². The van der Waals surface area contributed by atoms with Gasteiger partial charge >= 0.3 is 0 Å². The second kappa shape index (κ2) is 5.98. The standard InChI is InChI=1S/C22H27NO2/c1-7-18-20(13(2)3)16(6)11-22(18)12-19(24)23(21(22)25)17-9-14(4)8-15(5)10-17/h7-10,16,18H,1,11-12H2,2-6H3. The fourth-order valence-electron chi connectivity index (χ4n) is 5.05. The number of carbonyl (C=O) groups is 2. The lowest BCUT2D eigenvalue weighted by Gasteiger charge is -2.27. The highest BCUT2D eigenvalue weighted by Crippen LogP contribution is 2.57. The molecule has 0 aromatic heterocycles. The molecule has 2 aliphatic rings. The smallest absolute Gasteiger partial charge is 0.241 e. The number of nitrogens with zero attached hydrogens (tertiary/aromatic N) is 1. The van der Waals surface area contributed by atoms with Crippen LogP contribution in [-0.2, 0) is 9.59 Å². The van der Waals surface area contributed by atoms with Crippen molar-refractivity contribution in [2.45, 2.75) is 47.5 Å². The summed E-state index contributed by atoms with van der Waals surface area (Å²) in [7, 11) is 0. The molecule has 3 nitrogen and oxygen atoms in total. The third kappa shape index (κ3) is 2.57. The van der Waals surface area contributed by atoms with Crippen molar-refractivity contribution in [2.24, 2.45) is 17.3 Å². The van der Waals surface area contributed by atoms with Crippen LogP contribution in [0.15, 0.2) is 42.0 Å². The predicted molar refractivity (Wildman–Crippen MR) is 101 cm³/mol.